The van der Waals surface area contributed by atoms with Crippen LogP contribution in [0.1, 0.15) is 24.8 Å². The number of hydrogen-bond acceptors (Lipinski definition) is 4. The number of rotatable bonds is 5. The van der Waals surface area contributed by atoms with E-state index in [4.69, 9.17) is 0 Å². The normalized spacial score (nSPS) is 14.7. The molecule has 1 saturated heterocycles. The van der Waals surface area contributed by atoms with Gasteiger partial charge in [-0.05, 0) is 55.7 Å². The summed E-state index contributed by atoms with van der Waals surface area (Å²) in [6, 6.07) is 13.9. The lowest BCUT2D eigenvalue weighted by molar-refractivity contribution is -0.137. The highest BCUT2D eigenvalue weighted by Crippen LogP contribution is 2.34. The minimum Gasteiger partial charge on any atom is -0.372 e. The van der Waals surface area contributed by atoms with Gasteiger partial charge in [-0.25, -0.2) is 0 Å². The number of benzene rings is 2. The summed E-state index contributed by atoms with van der Waals surface area (Å²) in [5, 5.41) is 14.3. The van der Waals surface area contributed by atoms with Gasteiger partial charge in [-0.2, -0.15) is 18.4 Å². The number of piperidine rings is 1. The quantitative estimate of drug-likeness (QED) is 0.524. The molecule has 1 aliphatic rings. The van der Waals surface area contributed by atoms with Crippen molar-refractivity contribution >= 4 is 23.0 Å². The van der Waals surface area contributed by atoms with Gasteiger partial charge < -0.3 is 15.5 Å². The average Bonchev–Trinajstić information content (AvgIpc) is 2.75. The van der Waals surface area contributed by atoms with Crippen LogP contribution in [0.2, 0.25) is 0 Å². The van der Waals surface area contributed by atoms with Gasteiger partial charge in [0.25, 0.3) is 5.91 Å². The van der Waals surface area contributed by atoms with Gasteiger partial charge in [0, 0.05) is 30.7 Å². The van der Waals surface area contributed by atoms with Gasteiger partial charge in [0.15, 0.2) is 0 Å². The van der Waals surface area contributed by atoms with E-state index in [-0.39, 0.29) is 5.57 Å². The number of para-hydroxylation sites is 1. The summed E-state index contributed by atoms with van der Waals surface area (Å²) in [7, 11) is 0. The molecule has 0 aliphatic carbocycles. The standard InChI is InChI=1S/C22H21F3N4O/c23-22(24,25)19-6-2-3-7-20(19)28-21(30)16(14-26)15-27-17-8-10-18(11-9-17)29-12-4-1-5-13-29/h2-3,6-11,15,27H,1,4-5,12-13H2,(H,28,30)/b16-15-. The number of amides is 1. The van der Waals surface area contributed by atoms with Crippen LogP contribution in [0.4, 0.5) is 30.2 Å². The van der Waals surface area contributed by atoms with Crippen molar-refractivity contribution in [3.8, 4) is 6.07 Å². The van der Waals surface area contributed by atoms with Crippen molar-refractivity contribution in [3.05, 3.63) is 65.9 Å². The molecule has 2 aromatic carbocycles. The Morgan fingerprint density at radius 1 is 1.03 bits per heavy atom. The van der Waals surface area contributed by atoms with Crippen LogP contribution in [0, 0.1) is 11.3 Å². The van der Waals surface area contributed by atoms with E-state index >= 15 is 0 Å². The molecule has 0 bridgehead atoms. The molecule has 156 valence electrons. The predicted molar refractivity (Wildman–Crippen MR) is 110 cm³/mol. The van der Waals surface area contributed by atoms with E-state index in [2.05, 4.69) is 15.5 Å². The summed E-state index contributed by atoms with van der Waals surface area (Å²) < 4.78 is 39.2. The van der Waals surface area contributed by atoms with Crippen LogP contribution in [0.5, 0.6) is 0 Å². The number of carbonyl (C=O) groups excluding carboxylic acids is 1. The largest absolute Gasteiger partial charge is 0.418 e. The number of anilines is 3. The van der Waals surface area contributed by atoms with E-state index in [1.54, 1.807) is 6.07 Å². The maximum atomic E-state index is 13.1. The summed E-state index contributed by atoms with van der Waals surface area (Å²) in [6.45, 7) is 2.04. The summed E-state index contributed by atoms with van der Waals surface area (Å²) in [4.78, 5) is 14.6. The molecule has 1 fully saturated rings. The first-order valence-electron chi connectivity index (χ1n) is 9.58. The van der Waals surface area contributed by atoms with Crippen LogP contribution in [-0.2, 0) is 11.0 Å². The molecule has 2 N–H and O–H groups in total. The van der Waals surface area contributed by atoms with Crippen LogP contribution in [0.3, 0.4) is 0 Å². The predicted octanol–water partition coefficient (Wildman–Crippen LogP) is 5.15. The van der Waals surface area contributed by atoms with Crippen molar-refractivity contribution in [2.75, 3.05) is 28.6 Å². The lowest BCUT2D eigenvalue weighted by Crippen LogP contribution is -2.29. The van der Waals surface area contributed by atoms with E-state index in [1.165, 1.54) is 37.6 Å². The smallest absolute Gasteiger partial charge is 0.372 e. The first-order chi connectivity index (χ1) is 14.4. The van der Waals surface area contributed by atoms with Gasteiger partial charge in [-0.1, -0.05) is 12.1 Å². The van der Waals surface area contributed by atoms with Gasteiger partial charge in [-0.15, -0.1) is 0 Å². The minimum atomic E-state index is -4.62. The number of nitrogens with one attached hydrogen (secondary N) is 2. The lowest BCUT2D eigenvalue weighted by atomic mass is 10.1. The van der Waals surface area contributed by atoms with Crippen molar-refractivity contribution in [1.82, 2.24) is 0 Å². The van der Waals surface area contributed by atoms with E-state index in [0.717, 1.165) is 30.9 Å². The average molecular weight is 414 g/mol. The fourth-order valence-electron chi connectivity index (χ4n) is 3.25. The number of nitrogens with zero attached hydrogens (tertiary/aromatic N) is 2. The van der Waals surface area contributed by atoms with Crippen molar-refractivity contribution in [3.63, 3.8) is 0 Å². The molecule has 0 spiro atoms. The summed E-state index contributed by atoms with van der Waals surface area (Å²) >= 11 is 0. The Morgan fingerprint density at radius 3 is 2.33 bits per heavy atom. The van der Waals surface area contributed by atoms with Crippen LogP contribution in [0.15, 0.2) is 60.3 Å². The van der Waals surface area contributed by atoms with Crippen LogP contribution in [-0.4, -0.2) is 19.0 Å². The summed E-state index contributed by atoms with van der Waals surface area (Å²) in [5.41, 5.74) is 0.0456. The molecule has 5 nitrogen and oxygen atoms in total. The van der Waals surface area contributed by atoms with E-state index in [0.29, 0.717) is 5.69 Å². The highest BCUT2D eigenvalue weighted by Gasteiger charge is 2.33. The third-order valence-electron chi connectivity index (χ3n) is 4.82. The number of nitriles is 1. The third-order valence-corrected chi connectivity index (χ3v) is 4.82. The Kier molecular flexibility index (Phi) is 6.62. The second kappa shape index (κ2) is 9.35. The molecule has 30 heavy (non-hydrogen) atoms. The SMILES string of the molecule is N#C/C(=C/Nc1ccc(N2CCCCC2)cc1)C(=O)Nc1ccccc1C(F)(F)F. The molecular weight excluding hydrogens is 393 g/mol. The fraction of sp³-hybridized carbons (Fsp3) is 0.273. The second-order valence-electron chi connectivity index (χ2n) is 6.91. The minimum absolute atomic E-state index is 0.341. The Balaban J connectivity index is 1.67. The molecule has 0 radical (unpaired) electrons. The van der Waals surface area contributed by atoms with E-state index in [1.807, 2.05) is 24.3 Å². The Morgan fingerprint density at radius 2 is 1.70 bits per heavy atom. The number of carbonyl (C=O) groups is 1. The summed E-state index contributed by atoms with van der Waals surface area (Å²) in [6.07, 6.45) is 0.144. The van der Waals surface area contributed by atoms with Gasteiger partial charge in [0.1, 0.15) is 11.6 Å². The maximum absolute atomic E-state index is 13.1. The molecule has 0 aromatic heterocycles. The van der Waals surface area contributed by atoms with Gasteiger partial charge >= 0.3 is 6.18 Å². The monoisotopic (exact) mass is 414 g/mol. The maximum Gasteiger partial charge on any atom is 0.418 e. The highest BCUT2D eigenvalue weighted by atomic mass is 19.4. The number of hydrogen-bond donors (Lipinski definition) is 2. The molecule has 0 atom stereocenters. The summed E-state index contributed by atoms with van der Waals surface area (Å²) in [5.74, 6) is -0.924. The Bertz CT molecular complexity index is 956. The van der Waals surface area contributed by atoms with Crippen LogP contribution in [0.25, 0.3) is 0 Å². The zero-order valence-corrected chi connectivity index (χ0v) is 16.2. The first kappa shape index (κ1) is 21.2. The zero-order chi connectivity index (χ0) is 21.6. The van der Waals surface area contributed by atoms with Crippen molar-refractivity contribution in [2.24, 2.45) is 0 Å². The first-order valence-corrected chi connectivity index (χ1v) is 9.58. The topological polar surface area (TPSA) is 68.2 Å². The molecule has 8 heteroatoms. The molecule has 2 aromatic rings. The van der Waals surface area contributed by atoms with E-state index in [9.17, 15) is 23.2 Å². The fourth-order valence-corrected chi connectivity index (χ4v) is 3.25. The van der Waals surface area contributed by atoms with Crippen LogP contribution >= 0.6 is 0 Å². The molecular formula is C22H21F3N4O. The molecule has 1 heterocycles. The second-order valence-corrected chi connectivity index (χ2v) is 6.91. The Labute approximate surface area is 172 Å². The highest BCUT2D eigenvalue weighted by molar-refractivity contribution is 6.07. The molecule has 0 saturated carbocycles. The Hall–Kier alpha value is -3.47. The zero-order valence-electron chi connectivity index (χ0n) is 16.2. The molecule has 1 aliphatic heterocycles. The molecule has 0 unspecified atom stereocenters. The lowest BCUT2D eigenvalue weighted by Gasteiger charge is -2.28. The van der Waals surface area contributed by atoms with Crippen molar-refractivity contribution in [1.29, 1.82) is 5.26 Å². The van der Waals surface area contributed by atoms with Crippen LogP contribution < -0.4 is 15.5 Å². The van der Waals surface area contributed by atoms with Gasteiger partial charge in [-0.3, -0.25) is 4.79 Å². The van der Waals surface area contributed by atoms with Crippen molar-refractivity contribution < 1.29 is 18.0 Å². The van der Waals surface area contributed by atoms with Crippen molar-refractivity contribution in [2.45, 2.75) is 25.4 Å². The number of alkyl halides is 3. The third kappa shape index (κ3) is 5.32. The van der Waals surface area contributed by atoms with Gasteiger partial charge in [0.2, 0.25) is 0 Å². The van der Waals surface area contributed by atoms with Gasteiger partial charge in [0.05, 0.1) is 11.3 Å². The molecule has 3 rings (SSSR count). The number of halogens is 3. The molecule has 1 amide bonds. The van der Waals surface area contributed by atoms with E-state index < -0.39 is 23.3 Å².